The molecule has 0 aliphatic heterocycles. The van der Waals surface area contributed by atoms with Crippen molar-refractivity contribution in [1.29, 1.82) is 0 Å². The fourth-order valence-electron chi connectivity index (χ4n) is 1.01. The highest BCUT2D eigenvalue weighted by atomic mass is 127. The topological polar surface area (TPSA) is 22.1 Å². The monoisotopic (exact) mass is 405 g/mol. The molecule has 0 amide bonds. The van der Waals surface area contributed by atoms with Gasteiger partial charge in [-0.3, -0.25) is 0 Å². The van der Waals surface area contributed by atoms with Gasteiger partial charge in [0.2, 0.25) is 5.88 Å². The molecule has 0 saturated heterocycles. The molecule has 1 rings (SSSR count). The van der Waals surface area contributed by atoms with Gasteiger partial charge in [0.1, 0.15) is 0 Å². The van der Waals surface area contributed by atoms with E-state index in [1.165, 1.54) is 0 Å². The average Bonchev–Trinajstić information content (AvgIpc) is 2.17. The molecule has 18 heavy (non-hydrogen) atoms. The third-order valence-electron chi connectivity index (χ3n) is 1.64. The van der Waals surface area contributed by atoms with Gasteiger partial charge >= 0.3 is 12.5 Å². The molecule has 0 atom stereocenters. The van der Waals surface area contributed by atoms with Gasteiger partial charge in [0.15, 0.2) is 0 Å². The number of aromatic nitrogens is 1. The van der Waals surface area contributed by atoms with Crippen molar-refractivity contribution in [2.45, 2.75) is 18.4 Å². The van der Waals surface area contributed by atoms with E-state index >= 15 is 0 Å². The van der Waals surface area contributed by atoms with E-state index in [9.17, 15) is 26.3 Å². The summed E-state index contributed by atoms with van der Waals surface area (Å²) in [6.45, 7) is 0. The fraction of sp³-hybridized carbons (Fsp3) is 0.375. The number of ether oxygens (including phenoxy) is 1. The predicted molar refractivity (Wildman–Crippen MR) is 58.2 cm³/mol. The number of nitrogens with zero attached hydrogens (tertiary/aromatic N) is 1. The minimum absolute atomic E-state index is 0.358. The van der Waals surface area contributed by atoms with Crippen molar-refractivity contribution in [3.05, 3.63) is 20.9 Å². The van der Waals surface area contributed by atoms with Gasteiger partial charge in [-0.05, 0) is 28.7 Å². The Balaban J connectivity index is 3.34. The molecule has 2 nitrogen and oxygen atoms in total. The lowest BCUT2D eigenvalue weighted by atomic mass is 10.2. The number of halogens is 8. The third kappa shape index (κ3) is 4.04. The molecule has 0 fully saturated rings. The predicted octanol–water partition coefficient (Wildman–Crippen LogP) is 4.34. The van der Waals surface area contributed by atoms with E-state index < -0.39 is 33.4 Å². The first-order valence-corrected chi connectivity index (χ1v) is 5.74. The van der Waals surface area contributed by atoms with Crippen LogP contribution in [0.3, 0.4) is 0 Å². The van der Waals surface area contributed by atoms with Crippen molar-refractivity contribution < 1.29 is 31.1 Å². The van der Waals surface area contributed by atoms with E-state index in [0.717, 1.165) is 22.6 Å². The van der Waals surface area contributed by atoms with Crippen molar-refractivity contribution >= 4 is 34.2 Å². The number of pyridine rings is 1. The summed E-state index contributed by atoms with van der Waals surface area (Å²) >= 11 is 6.36. The summed E-state index contributed by atoms with van der Waals surface area (Å²) < 4.78 is 76.4. The summed E-state index contributed by atoms with van der Waals surface area (Å²) in [4.78, 5) is 3.27. The van der Waals surface area contributed by atoms with E-state index in [1.54, 1.807) is 0 Å². The number of alkyl halides is 7. The standard InChI is InChI=1S/C8H3ClF6INO/c9-2-3-1-4(7(10,11)12)5(16)6(17-3)18-8(13,14)15/h1H,2H2. The zero-order chi connectivity index (χ0) is 14.1. The molecule has 0 N–H and O–H groups in total. The van der Waals surface area contributed by atoms with Crippen molar-refractivity contribution in [3.63, 3.8) is 0 Å². The Morgan fingerprint density at radius 1 is 1.22 bits per heavy atom. The van der Waals surface area contributed by atoms with E-state index in [2.05, 4.69) is 9.72 Å². The van der Waals surface area contributed by atoms with Gasteiger partial charge in [0.05, 0.1) is 20.7 Å². The molecule has 0 aromatic carbocycles. The highest BCUT2D eigenvalue weighted by Gasteiger charge is 2.38. The molecular formula is C8H3ClF6INO. The normalized spacial score (nSPS) is 12.7. The lowest BCUT2D eigenvalue weighted by molar-refractivity contribution is -0.276. The van der Waals surface area contributed by atoms with Crippen molar-refractivity contribution in [2.24, 2.45) is 0 Å². The van der Waals surface area contributed by atoms with Crippen LogP contribution in [0.5, 0.6) is 5.88 Å². The third-order valence-corrected chi connectivity index (χ3v) is 2.95. The van der Waals surface area contributed by atoms with Crippen molar-refractivity contribution in [1.82, 2.24) is 4.98 Å². The highest BCUT2D eigenvalue weighted by molar-refractivity contribution is 14.1. The van der Waals surface area contributed by atoms with Gasteiger partial charge in [-0.25, -0.2) is 4.98 Å². The van der Waals surface area contributed by atoms with Crippen LogP contribution in [0, 0.1) is 3.57 Å². The van der Waals surface area contributed by atoms with Crippen LogP contribution in [-0.2, 0) is 12.1 Å². The van der Waals surface area contributed by atoms with Crippen LogP contribution in [0.25, 0.3) is 0 Å². The molecule has 1 aromatic heterocycles. The quantitative estimate of drug-likeness (QED) is 0.415. The summed E-state index contributed by atoms with van der Waals surface area (Å²) in [5.41, 5.74) is -1.63. The molecule has 1 aromatic rings. The summed E-state index contributed by atoms with van der Waals surface area (Å²) in [5.74, 6) is -1.62. The SMILES string of the molecule is FC(F)(F)Oc1nc(CCl)cc(C(F)(F)F)c1I. The first-order valence-electron chi connectivity index (χ1n) is 4.13. The number of hydrogen-bond donors (Lipinski definition) is 0. The summed E-state index contributed by atoms with van der Waals surface area (Å²) in [5, 5.41) is 0. The molecule has 0 spiro atoms. The maximum Gasteiger partial charge on any atom is 0.574 e. The maximum atomic E-state index is 12.6. The van der Waals surface area contributed by atoms with Crippen molar-refractivity contribution in [2.75, 3.05) is 0 Å². The minimum Gasteiger partial charge on any atom is -0.387 e. The molecule has 0 saturated carbocycles. The van der Waals surface area contributed by atoms with E-state index in [4.69, 9.17) is 11.6 Å². The van der Waals surface area contributed by atoms with Gasteiger partial charge in [0.25, 0.3) is 0 Å². The number of hydrogen-bond acceptors (Lipinski definition) is 2. The first-order chi connectivity index (χ1) is 8.04. The van der Waals surface area contributed by atoms with Gasteiger partial charge < -0.3 is 4.74 Å². The van der Waals surface area contributed by atoms with Crippen LogP contribution in [0.4, 0.5) is 26.3 Å². The fourth-order valence-corrected chi connectivity index (χ4v) is 1.84. The Bertz CT molecular complexity index is 446. The van der Waals surface area contributed by atoms with Crippen LogP contribution < -0.4 is 4.74 Å². The highest BCUT2D eigenvalue weighted by Crippen LogP contribution is 2.38. The lowest BCUT2D eigenvalue weighted by Crippen LogP contribution is -2.20. The zero-order valence-corrected chi connectivity index (χ0v) is 11.1. The Kier molecular flexibility index (Phi) is 4.57. The second-order valence-corrected chi connectivity index (χ2v) is 4.31. The van der Waals surface area contributed by atoms with E-state index in [1.807, 2.05) is 0 Å². The van der Waals surface area contributed by atoms with Gasteiger partial charge in [-0.2, -0.15) is 13.2 Å². The Hall–Kier alpha value is -0.450. The molecule has 102 valence electrons. The second-order valence-electron chi connectivity index (χ2n) is 2.96. The molecule has 1 heterocycles. The molecule has 0 aliphatic rings. The summed E-state index contributed by atoms with van der Waals surface area (Å²) in [6, 6.07) is 0.581. The lowest BCUT2D eigenvalue weighted by Gasteiger charge is -2.15. The molecule has 0 unspecified atom stereocenters. The molecule has 0 aliphatic carbocycles. The average molecular weight is 405 g/mol. The summed E-state index contributed by atoms with van der Waals surface area (Å²) in [6.07, 6.45) is -9.94. The molecular weight excluding hydrogens is 402 g/mol. The van der Waals surface area contributed by atoms with Gasteiger partial charge in [0, 0.05) is 0 Å². The zero-order valence-electron chi connectivity index (χ0n) is 8.16. The van der Waals surface area contributed by atoms with Crippen LogP contribution in [-0.4, -0.2) is 11.3 Å². The van der Waals surface area contributed by atoms with E-state index in [0.29, 0.717) is 6.07 Å². The first kappa shape index (κ1) is 15.6. The smallest absolute Gasteiger partial charge is 0.387 e. The second kappa shape index (κ2) is 5.27. The summed E-state index contributed by atoms with van der Waals surface area (Å²) in [7, 11) is 0. The van der Waals surface area contributed by atoms with Gasteiger partial charge in [-0.15, -0.1) is 24.8 Å². The Morgan fingerprint density at radius 2 is 1.78 bits per heavy atom. The maximum absolute atomic E-state index is 12.6. The van der Waals surface area contributed by atoms with Crippen LogP contribution in [0.2, 0.25) is 0 Å². The molecule has 0 bridgehead atoms. The largest absolute Gasteiger partial charge is 0.574 e. The van der Waals surface area contributed by atoms with E-state index in [-0.39, 0.29) is 5.69 Å². The molecule has 0 radical (unpaired) electrons. The Labute approximate surface area is 115 Å². The van der Waals surface area contributed by atoms with Crippen molar-refractivity contribution in [3.8, 4) is 5.88 Å². The molecule has 10 heteroatoms. The van der Waals surface area contributed by atoms with Crippen LogP contribution >= 0.6 is 34.2 Å². The number of rotatable bonds is 2. The van der Waals surface area contributed by atoms with Gasteiger partial charge in [-0.1, -0.05) is 0 Å². The van der Waals surface area contributed by atoms with Crippen LogP contribution in [0.15, 0.2) is 6.07 Å². The minimum atomic E-state index is -5.12. The Morgan fingerprint density at radius 3 is 2.17 bits per heavy atom. The van der Waals surface area contributed by atoms with Crippen LogP contribution in [0.1, 0.15) is 11.3 Å².